The third-order valence-corrected chi connectivity index (χ3v) is 6.17. The van der Waals surface area contributed by atoms with E-state index in [1.165, 1.54) is 10.2 Å². The summed E-state index contributed by atoms with van der Waals surface area (Å²) in [5, 5.41) is 4.91. The molecule has 0 aliphatic heterocycles. The van der Waals surface area contributed by atoms with Crippen molar-refractivity contribution in [2.75, 3.05) is 6.61 Å². The molecule has 0 aliphatic rings. The zero-order valence-corrected chi connectivity index (χ0v) is 22.2. The number of benzene rings is 3. The molecule has 0 fully saturated rings. The molecule has 0 N–H and O–H groups in total. The highest BCUT2D eigenvalue weighted by Crippen LogP contribution is 2.37. The Labute approximate surface area is 214 Å². The number of halogens is 2. The number of hydrogen-bond donors (Lipinski definition) is 0. The Kier molecular flexibility index (Phi) is 7.48. The smallest absolute Gasteiger partial charge is 0.282 e. The van der Waals surface area contributed by atoms with E-state index in [0.29, 0.717) is 41.4 Å². The van der Waals surface area contributed by atoms with Gasteiger partial charge in [0, 0.05) is 4.47 Å². The van der Waals surface area contributed by atoms with E-state index < -0.39 is 0 Å². The van der Waals surface area contributed by atoms with Crippen LogP contribution in [0.4, 0.5) is 0 Å². The van der Waals surface area contributed by atoms with E-state index in [-0.39, 0.29) is 5.56 Å². The Hall–Kier alpha value is -2.97. The maximum atomic E-state index is 13.0. The summed E-state index contributed by atoms with van der Waals surface area (Å²) in [6, 6.07) is 17.3. The predicted molar refractivity (Wildman–Crippen MR) is 142 cm³/mol. The number of aryl methyl sites for hydroxylation is 2. The summed E-state index contributed by atoms with van der Waals surface area (Å²) >= 11 is 7.01. The summed E-state index contributed by atoms with van der Waals surface area (Å²) < 4.78 is 14.8. The van der Waals surface area contributed by atoms with Crippen molar-refractivity contribution in [2.24, 2.45) is 5.10 Å². The number of ether oxygens (including phenoxy) is 2. The summed E-state index contributed by atoms with van der Waals surface area (Å²) in [4.78, 5) is 17.5. The van der Waals surface area contributed by atoms with Gasteiger partial charge in [-0.3, -0.25) is 4.79 Å². The van der Waals surface area contributed by atoms with Crippen LogP contribution in [0.25, 0.3) is 10.9 Å². The normalized spacial score (nSPS) is 11.3. The van der Waals surface area contributed by atoms with Crippen LogP contribution in [0.5, 0.6) is 11.5 Å². The van der Waals surface area contributed by atoms with Gasteiger partial charge in [0.05, 0.1) is 28.2 Å². The second kappa shape index (κ2) is 10.5. The zero-order valence-electron chi connectivity index (χ0n) is 19.0. The Morgan fingerprint density at radius 1 is 1.06 bits per heavy atom. The van der Waals surface area contributed by atoms with Gasteiger partial charge >= 0.3 is 0 Å². The van der Waals surface area contributed by atoms with E-state index in [2.05, 4.69) is 61.0 Å². The molecule has 0 aliphatic carbocycles. The van der Waals surface area contributed by atoms with E-state index in [9.17, 15) is 4.79 Å². The standard InChI is InChI=1S/C26H23Br2N3O3/c1-4-33-24-12-19(11-22(28)25(24)34-15-18-7-5-6-16(2)10-18)14-29-31-17(3)30-23-9-8-20(27)13-21(23)26(31)32/h5-14H,4,15H2,1-3H3. The fourth-order valence-electron chi connectivity index (χ4n) is 3.54. The lowest BCUT2D eigenvalue weighted by Crippen LogP contribution is -2.20. The van der Waals surface area contributed by atoms with Crippen LogP contribution in [0.2, 0.25) is 0 Å². The van der Waals surface area contributed by atoms with Crippen LogP contribution >= 0.6 is 31.9 Å². The van der Waals surface area contributed by atoms with E-state index in [1.807, 2.05) is 43.3 Å². The first-order valence-electron chi connectivity index (χ1n) is 10.7. The fourth-order valence-corrected chi connectivity index (χ4v) is 4.48. The van der Waals surface area contributed by atoms with Crippen LogP contribution in [0.1, 0.15) is 29.4 Å². The molecule has 3 aromatic carbocycles. The first-order chi connectivity index (χ1) is 16.4. The van der Waals surface area contributed by atoms with Gasteiger partial charge in [-0.25, -0.2) is 4.98 Å². The highest BCUT2D eigenvalue weighted by atomic mass is 79.9. The van der Waals surface area contributed by atoms with Crippen molar-refractivity contribution in [3.8, 4) is 11.5 Å². The summed E-state index contributed by atoms with van der Waals surface area (Å²) in [5.74, 6) is 1.71. The average Bonchev–Trinajstić information content (AvgIpc) is 2.79. The maximum absolute atomic E-state index is 13.0. The van der Waals surface area contributed by atoms with E-state index >= 15 is 0 Å². The minimum Gasteiger partial charge on any atom is -0.490 e. The molecule has 4 aromatic rings. The highest BCUT2D eigenvalue weighted by molar-refractivity contribution is 9.10. The fraction of sp³-hybridized carbons (Fsp3) is 0.192. The molecule has 0 saturated heterocycles. The SMILES string of the molecule is CCOc1cc(C=Nn2c(C)nc3ccc(Br)cc3c2=O)cc(Br)c1OCc1cccc(C)c1. The molecule has 1 aromatic heterocycles. The molecule has 174 valence electrons. The molecule has 0 unspecified atom stereocenters. The molecule has 0 amide bonds. The molecule has 4 rings (SSSR count). The van der Waals surface area contributed by atoms with Crippen LogP contribution in [0, 0.1) is 13.8 Å². The first kappa shape index (κ1) is 24.2. The number of aromatic nitrogens is 2. The average molecular weight is 585 g/mol. The molecule has 6 nitrogen and oxygen atoms in total. The van der Waals surface area contributed by atoms with Gasteiger partial charge in [-0.05, 0) is 78.2 Å². The van der Waals surface area contributed by atoms with Crippen molar-refractivity contribution < 1.29 is 9.47 Å². The Morgan fingerprint density at radius 3 is 2.65 bits per heavy atom. The third kappa shape index (κ3) is 5.39. The molecular weight excluding hydrogens is 562 g/mol. The highest BCUT2D eigenvalue weighted by Gasteiger charge is 2.13. The minimum atomic E-state index is -0.234. The second-order valence-corrected chi connectivity index (χ2v) is 9.49. The summed E-state index contributed by atoms with van der Waals surface area (Å²) in [6.07, 6.45) is 1.61. The van der Waals surface area contributed by atoms with Crippen LogP contribution < -0.4 is 15.0 Å². The number of hydrogen-bond acceptors (Lipinski definition) is 5. The predicted octanol–water partition coefficient (Wildman–Crippen LogP) is 6.40. The van der Waals surface area contributed by atoms with Gasteiger partial charge in [0.1, 0.15) is 12.4 Å². The Morgan fingerprint density at radius 2 is 1.88 bits per heavy atom. The van der Waals surface area contributed by atoms with Gasteiger partial charge in [-0.1, -0.05) is 45.8 Å². The van der Waals surface area contributed by atoms with Crippen LogP contribution in [0.3, 0.4) is 0 Å². The zero-order chi connectivity index (χ0) is 24.2. The quantitative estimate of drug-likeness (QED) is 0.236. The summed E-state index contributed by atoms with van der Waals surface area (Å²) in [5.41, 5.74) is 3.40. The Balaban J connectivity index is 1.65. The maximum Gasteiger partial charge on any atom is 0.282 e. The largest absolute Gasteiger partial charge is 0.490 e. The lowest BCUT2D eigenvalue weighted by Gasteiger charge is -2.15. The lowest BCUT2D eigenvalue weighted by atomic mass is 10.1. The van der Waals surface area contributed by atoms with Crippen molar-refractivity contribution in [1.29, 1.82) is 0 Å². The molecule has 0 atom stereocenters. The van der Waals surface area contributed by atoms with Crippen LogP contribution in [-0.4, -0.2) is 22.5 Å². The number of nitrogens with zero attached hydrogens (tertiary/aromatic N) is 3. The molecule has 0 spiro atoms. The molecular formula is C26H23Br2N3O3. The number of fused-ring (bicyclic) bond motifs is 1. The van der Waals surface area contributed by atoms with E-state index in [1.54, 1.807) is 19.2 Å². The summed E-state index contributed by atoms with van der Waals surface area (Å²) in [7, 11) is 0. The molecule has 34 heavy (non-hydrogen) atoms. The third-order valence-electron chi connectivity index (χ3n) is 5.09. The van der Waals surface area contributed by atoms with Crippen LogP contribution in [-0.2, 0) is 6.61 Å². The van der Waals surface area contributed by atoms with Crippen molar-refractivity contribution >= 4 is 49.0 Å². The molecule has 0 bridgehead atoms. The molecule has 1 heterocycles. The molecule has 0 radical (unpaired) electrons. The van der Waals surface area contributed by atoms with E-state index in [0.717, 1.165) is 20.1 Å². The van der Waals surface area contributed by atoms with Gasteiger partial charge in [0.25, 0.3) is 5.56 Å². The van der Waals surface area contributed by atoms with Gasteiger partial charge in [0.2, 0.25) is 0 Å². The topological polar surface area (TPSA) is 65.7 Å². The van der Waals surface area contributed by atoms with Gasteiger partial charge in [0.15, 0.2) is 11.5 Å². The number of rotatable bonds is 7. The molecule has 0 saturated carbocycles. The minimum absolute atomic E-state index is 0.234. The van der Waals surface area contributed by atoms with Crippen molar-refractivity contribution in [3.05, 3.63) is 96.4 Å². The van der Waals surface area contributed by atoms with Crippen LogP contribution in [0.15, 0.2) is 73.4 Å². The van der Waals surface area contributed by atoms with Gasteiger partial charge < -0.3 is 9.47 Å². The van der Waals surface area contributed by atoms with Crippen molar-refractivity contribution in [3.63, 3.8) is 0 Å². The monoisotopic (exact) mass is 583 g/mol. The van der Waals surface area contributed by atoms with Crippen molar-refractivity contribution in [1.82, 2.24) is 9.66 Å². The second-order valence-electron chi connectivity index (χ2n) is 7.72. The van der Waals surface area contributed by atoms with Gasteiger partial charge in [-0.15, -0.1) is 0 Å². The summed E-state index contributed by atoms with van der Waals surface area (Å²) in [6.45, 7) is 6.62. The van der Waals surface area contributed by atoms with Crippen molar-refractivity contribution in [2.45, 2.75) is 27.4 Å². The Bertz CT molecular complexity index is 1450. The lowest BCUT2D eigenvalue weighted by molar-refractivity contribution is 0.267. The van der Waals surface area contributed by atoms with Gasteiger partial charge in [-0.2, -0.15) is 9.78 Å². The van der Waals surface area contributed by atoms with E-state index in [4.69, 9.17) is 9.47 Å². The first-order valence-corrected chi connectivity index (χ1v) is 12.3. The molecule has 8 heteroatoms.